The van der Waals surface area contributed by atoms with Gasteiger partial charge in [-0.25, -0.2) is 8.42 Å². The van der Waals surface area contributed by atoms with E-state index in [-0.39, 0.29) is 23.6 Å². The van der Waals surface area contributed by atoms with Crippen LogP contribution in [0.25, 0.3) is 0 Å². The second-order valence-electron chi connectivity index (χ2n) is 5.58. The summed E-state index contributed by atoms with van der Waals surface area (Å²) in [6.07, 6.45) is 4.97. The van der Waals surface area contributed by atoms with E-state index in [4.69, 9.17) is 5.73 Å². The number of rotatable bonds is 3. The van der Waals surface area contributed by atoms with Crippen LogP contribution in [0.3, 0.4) is 0 Å². The lowest BCUT2D eigenvalue weighted by atomic mass is 9.91. The van der Waals surface area contributed by atoms with Gasteiger partial charge in [-0.3, -0.25) is 4.90 Å². The molecule has 100 valence electrons. The lowest BCUT2D eigenvalue weighted by Crippen LogP contribution is -2.50. The maximum absolute atomic E-state index is 11.6. The molecule has 0 amide bonds. The third-order valence-electron chi connectivity index (χ3n) is 4.18. The van der Waals surface area contributed by atoms with E-state index in [1.807, 2.05) is 0 Å². The second kappa shape index (κ2) is 5.24. The van der Waals surface area contributed by atoms with Crippen LogP contribution in [0.2, 0.25) is 0 Å². The summed E-state index contributed by atoms with van der Waals surface area (Å²) in [5.41, 5.74) is 5.96. The fraction of sp³-hybridized carbons (Fsp3) is 1.00. The predicted octanol–water partition coefficient (Wildman–Crippen LogP) is 0.623. The predicted molar refractivity (Wildman–Crippen MR) is 69.6 cm³/mol. The van der Waals surface area contributed by atoms with Gasteiger partial charge in [-0.05, 0) is 31.8 Å². The summed E-state index contributed by atoms with van der Waals surface area (Å²) in [7, 11) is -2.88. The van der Waals surface area contributed by atoms with Crippen molar-refractivity contribution < 1.29 is 8.42 Å². The molecule has 4 nitrogen and oxygen atoms in total. The molecule has 2 saturated heterocycles. The zero-order valence-corrected chi connectivity index (χ0v) is 11.5. The van der Waals surface area contributed by atoms with Gasteiger partial charge in [0, 0.05) is 12.1 Å². The van der Waals surface area contributed by atoms with Gasteiger partial charge < -0.3 is 5.73 Å². The van der Waals surface area contributed by atoms with Gasteiger partial charge >= 0.3 is 0 Å². The standard InChI is InChI=1S/C12H24N2O2S/c1-2-3-10-4-6-14(7-5-10)12-9-17(15,16)8-11(12)13/h10-12H,2-9,13H2,1H3. The maximum Gasteiger partial charge on any atom is 0.153 e. The Morgan fingerprint density at radius 3 is 2.35 bits per heavy atom. The molecule has 0 aromatic carbocycles. The first kappa shape index (κ1) is 13.3. The Morgan fingerprint density at radius 1 is 1.24 bits per heavy atom. The Balaban J connectivity index is 1.89. The number of likely N-dealkylation sites (tertiary alicyclic amines) is 1. The number of nitrogens with zero attached hydrogens (tertiary/aromatic N) is 1. The van der Waals surface area contributed by atoms with Crippen molar-refractivity contribution in [3.63, 3.8) is 0 Å². The zero-order valence-electron chi connectivity index (χ0n) is 10.6. The molecule has 0 aliphatic carbocycles. The minimum absolute atomic E-state index is 0.0718. The van der Waals surface area contributed by atoms with E-state index in [0.29, 0.717) is 0 Å². The van der Waals surface area contributed by atoms with Crippen LogP contribution in [0.1, 0.15) is 32.6 Å². The van der Waals surface area contributed by atoms with Gasteiger partial charge in [0.1, 0.15) is 0 Å². The Hall–Kier alpha value is -0.130. The molecule has 17 heavy (non-hydrogen) atoms. The first-order chi connectivity index (χ1) is 8.02. The van der Waals surface area contributed by atoms with Gasteiger partial charge in [0.15, 0.2) is 9.84 Å². The largest absolute Gasteiger partial charge is 0.325 e. The van der Waals surface area contributed by atoms with Crippen molar-refractivity contribution in [2.24, 2.45) is 11.7 Å². The van der Waals surface area contributed by atoms with Crippen LogP contribution in [0.4, 0.5) is 0 Å². The lowest BCUT2D eigenvalue weighted by Gasteiger charge is -2.37. The molecule has 2 aliphatic heterocycles. The fourth-order valence-electron chi connectivity index (χ4n) is 3.21. The van der Waals surface area contributed by atoms with Gasteiger partial charge in [0.2, 0.25) is 0 Å². The minimum atomic E-state index is -2.88. The highest BCUT2D eigenvalue weighted by atomic mass is 32.2. The normalized spacial score (nSPS) is 35.2. The maximum atomic E-state index is 11.6. The van der Waals surface area contributed by atoms with Crippen LogP contribution in [0, 0.1) is 5.92 Å². The van der Waals surface area contributed by atoms with Crippen LogP contribution in [-0.4, -0.2) is 50.0 Å². The molecular formula is C12H24N2O2S. The smallest absolute Gasteiger partial charge is 0.153 e. The number of sulfone groups is 1. The van der Waals surface area contributed by atoms with Crippen LogP contribution in [-0.2, 0) is 9.84 Å². The summed E-state index contributed by atoms with van der Waals surface area (Å²) in [6, 6.07) is -0.106. The molecule has 2 atom stereocenters. The van der Waals surface area contributed by atoms with Crippen molar-refractivity contribution in [3.8, 4) is 0 Å². The third kappa shape index (κ3) is 3.20. The molecule has 2 heterocycles. The molecular weight excluding hydrogens is 236 g/mol. The number of hydrogen-bond acceptors (Lipinski definition) is 4. The summed E-state index contributed by atoms with van der Waals surface area (Å²) in [4.78, 5) is 2.31. The number of hydrogen-bond donors (Lipinski definition) is 1. The van der Waals surface area contributed by atoms with Crippen LogP contribution in [0.15, 0.2) is 0 Å². The Labute approximate surface area is 104 Å². The van der Waals surface area contributed by atoms with Crippen LogP contribution < -0.4 is 5.73 Å². The Morgan fingerprint density at radius 2 is 1.88 bits per heavy atom. The topological polar surface area (TPSA) is 63.4 Å². The monoisotopic (exact) mass is 260 g/mol. The van der Waals surface area contributed by atoms with Gasteiger partial charge in [-0.1, -0.05) is 19.8 Å². The summed E-state index contributed by atoms with van der Waals surface area (Å²) in [5, 5.41) is 0. The second-order valence-corrected chi connectivity index (χ2v) is 7.73. The van der Waals surface area contributed by atoms with E-state index < -0.39 is 9.84 Å². The fourth-order valence-corrected chi connectivity index (χ4v) is 5.14. The molecule has 2 N–H and O–H groups in total. The van der Waals surface area contributed by atoms with Gasteiger partial charge in [0.05, 0.1) is 11.5 Å². The lowest BCUT2D eigenvalue weighted by molar-refractivity contribution is 0.131. The quantitative estimate of drug-likeness (QED) is 0.808. The van der Waals surface area contributed by atoms with E-state index >= 15 is 0 Å². The molecule has 2 fully saturated rings. The molecule has 5 heteroatoms. The zero-order chi connectivity index (χ0) is 12.5. The molecule has 0 aromatic heterocycles. The van der Waals surface area contributed by atoms with Crippen molar-refractivity contribution in [1.29, 1.82) is 0 Å². The molecule has 2 unspecified atom stereocenters. The molecule has 2 rings (SSSR count). The highest BCUT2D eigenvalue weighted by Crippen LogP contribution is 2.26. The molecule has 0 bridgehead atoms. The average Bonchev–Trinajstić information content (AvgIpc) is 2.54. The van der Waals surface area contributed by atoms with Crippen molar-refractivity contribution in [1.82, 2.24) is 4.90 Å². The van der Waals surface area contributed by atoms with Crippen molar-refractivity contribution in [2.45, 2.75) is 44.7 Å². The Kier molecular flexibility index (Phi) is 4.10. The SMILES string of the molecule is CCCC1CCN(C2CS(=O)(=O)CC2N)CC1. The summed E-state index contributed by atoms with van der Waals surface area (Å²) >= 11 is 0. The average molecular weight is 260 g/mol. The number of nitrogens with two attached hydrogens (primary N) is 1. The van der Waals surface area contributed by atoms with E-state index in [1.165, 1.54) is 25.7 Å². The van der Waals surface area contributed by atoms with Gasteiger partial charge in [-0.15, -0.1) is 0 Å². The highest BCUT2D eigenvalue weighted by Gasteiger charge is 2.39. The van der Waals surface area contributed by atoms with Gasteiger partial charge in [0.25, 0.3) is 0 Å². The van der Waals surface area contributed by atoms with Gasteiger partial charge in [-0.2, -0.15) is 0 Å². The van der Waals surface area contributed by atoms with E-state index in [9.17, 15) is 8.42 Å². The third-order valence-corrected chi connectivity index (χ3v) is 5.92. The van der Waals surface area contributed by atoms with E-state index in [2.05, 4.69) is 11.8 Å². The van der Waals surface area contributed by atoms with Crippen molar-refractivity contribution >= 4 is 9.84 Å². The minimum Gasteiger partial charge on any atom is -0.325 e. The highest BCUT2D eigenvalue weighted by molar-refractivity contribution is 7.91. The van der Waals surface area contributed by atoms with E-state index in [1.54, 1.807) is 0 Å². The van der Waals surface area contributed by atoms with Crippen LogP contribution >= 0.6 is 0 Å². The molecule has 0 aromatic rings. The molecule has 0 radical (unpaired) electrons. The van der Waals surface area contributed by atoms with E-state index in [0.717, 1.165) is 19.0 Å². The Bertz CT molecular complexity index is 348. The van der Waals surface area contributed by atoms with Crippen molar-refractivity contribution in [2.75, 3.05) is 24.6 Å². The first-order valence-corrected chi connectivity index (χ1v) is 8.54. The molecule has 0 saturated carbocycles. The molecule has 2 aliphatic rings. The summed E-state index contributed by atoms with van der Waals surface area (Å²) < 4.78 is 23.1. The van der Waals surface area contributed by atoms with Crippen LogP contribution in [0.5, 0.6) is 0 Å². The summed E-state index contributed by atoms with van der Waals surface area (Å²) in [6.45, 7) is 4.28. The number of piperidine rings is 1. The summed E-state index contributed by atoms with van der Waals surface area (Å²) in [5.74, 6) is 1.28. The molecule has 0 spiro atoms. The first-order valence-electron chi connectivity index (χ1n) is 6.72. The van der Waals surface area contributed by atoms with Crippen molar-refractivity contribution in [3.05, 3.63) is 0 Å².